The van der Waals surface area contributed by atoms with Crippen LogP contribution in [0.2, 0.25) is 0 Å². The molecule has 124 valence electrons. The number of nitrogens with one attached hydrogen (secondary N) is 1. The van der Waals surface area contributed by atoms with Gasteiger partial charge in [-0.25, -0.2) is 9.78 Å². The molecular weight excluding hydrogens is 362 g/mol. The maximum absolute atomic E-state index is 12.5. The van der Waals surface area contributed by atoms with Crippen LogP contribution in [0.4, 0.5) is 10.6 Å². The van der Waals surface area contributed by atoms with Crippen molar-refractivity contribution < 1.29 is 14.3 Å². The molecule has 0 aromatic carbocycles. The van der Waals surface area contributed by atoms with Crippen molar-refractivity contribution in [1.82, 2.24) is 9.88 Å². The number of piperidine rings is 1. The van der Waals surface area contributed by atoms with Crippen molar-refractivity contribution in [3.05, 3.63) is 22.8 Å². The van der Waals surface area contributed by atoms with Crippen LogP contribution in [0.5, 0.6) is 0 Å². The van der Waals surface area contributed by atoms with E-state index in [1.165, 1.54) is 0 Å². The molecule has 2 amide bonds. The minimum absolute atomic E-state index is 0.162. The van der Waals surface area contributed by atoms with Crippen molar-refractivity contribution in [3.63, 3.8) is 0 Å². The number of hydrogen-bond donors (Lipinski definition) is 1. The Balaban J connectivity index is 1.63. The number of fused-ring (bicyclic) bond motifs is 1. The number of anilines is 1. The summed E-state index contributed by atoms with van der Waals surface area (Å²) in [6.45, 7) is 2.45. The van der Waals surface area contributed by atoms with Crippen LogP contribution in [0.3, 0.4) is 0 Å². The first-order chi connectivity index (χ1) is 11.1. The summed E-state index contributed by atoms with van der Waals surface area (Å²) in [6, 6.07) is 5.01. The number of halogens is 1. The summed E-state index contributed by atoms with van der Waals surface area (Å²) in [5, 5.41) is 2.79. The van der Waals surface area contributed by atoms with Gasteiger partial charge in [0.15, 0.2) is 0 Å². The number of nitrogens with zero attached hydrogens (tertiary/aromatic N) is 2. The Morgan fingerprint density at radius 1 is 1.43 bits per heavy atom. The highest BCUT2D eigenvalue weighted by molar-refractivity contribution is 9.10. The van der Waals surface area contributed by atoms with E-state index in [1.54, 1.807) is 23.1 Å². The van der Waals surface area contributed by atoms with Gasteiger partial charge in [-0.1, -0.05) is 19.4 Å². The molecule has 1 saturated carbocycles. The van der Waals surface area contributed by atoms with Crippen LogP contribution < -0.4 is 5.32 Å². The van der Waals surface area contributed by atoms with E-state index in [-0.39, 0.29) is 18.0 Å². The molecule has 6 nitrogen and oxygen atoms in total. The molecule has 0 spiro atoms. The average molecular weight is 382 g/mol. The molecule has 0 bridgehead atoms. The van der Waals surface area contributed by atoms with Crippen LogP contribution in [-0.4, -0.2) is 40.6 Å². The number of carbonyl (C=O) groups is 2. The van der Waals surface area contributed by atoms with Gasteiger partial charge in [0, 0.05) is 6.04 Å². The Labute approximate surface area is 143 Å². The third kappa shape index (κ3) is 3.65. The Bertz CT molecular complexity index is 610. The fraction of sp³-hybridized carbons (Fsp3) is 0.562. The molecule has 1 aliphatic heterocycles. The van der Waals surface area contributed by atoms with Crippen molar-refractivity contribution in [2.75, 3.05) is 11.9 Å². The van der Waals surface area contributed by atoms with Gasteiger partial charge in [-0.2, -0.15) is 0 Å². The quantitative estimate of drug-likeness (QED) is 0.627. The van der Waals surface area contributed by atoms with E-state index in [2.05, 4.69) is 26.2 Å². The van der Waals surface area contributed by atoms with Crippen LogP contribution in [0.15, 0.2) is 22.8 Å². The Kier molecular flexibility index (Phi) is 4.84. The molecule has 1 aromatic heterocycles. The van der Waals surface area contributed by atoms with Crippen molar-refractivity contribution >= 4 is 33.7 Å². The molecule has 7 heteroatoms. The smallest absolute Gasteiger partial charge is 0.410 e. The molecule has 0 radical (unpaired) electrons. The van der Waals surface area contributed by atoms with E-state index in [1.807, 2.05) is 6.92 Å². The van der Waals surface area contributed by atoms with Gasteiger partial charge in [0.2, 0.25) is 5.91 Å². The molecule has 1 saturated heterocycles. The third-order valence-corrected chi connectivity index (χ3v) is 4.75. The maximum atomic E-state index is 12.5. The molecule has 1 aromatic rings. The third-order valence-electron chi connectivity index (χ3n) is 4.31. The minimum atomic E-state index is -0.464. The van der Waals surface area contributed by atoms with Gasteiger partial charge in [0.25, 0.3) is 0 Å². The molecule has 3 atom stereocenters. The molecule has 1 N–H and O–H groups in total. The van der Waals surface area contributed by atoms with E-state index in [4.69, 9.17) is 4.74 Å². The highest BCUT2D eigenvalue weighted by atomic mass is 79.9. The zero-order valence-corrected chi connectivity index (χ0v) is 14.6. The number of pyridine rings is 1. The molecule has 3 unspecified atom stereocenters. The van der Waals surface area contributed by atoms with Gasteiger partial charge in [-0.15, -0.1) is 0 Å². The number of carbonyl (C=O) groups excluding carboxylic acids is 2. The van der Waals surface area contributed by atoms with E-state index in [0.29, 0.717) is 29.4 Å². The normalized spacial score (nSPS) is 25.0. The van der Waals surface area contributed by atoms with Gasteiger partial charge >= 0.3 is 6.09 Å². The second kappa shape index (κ2) is 6.86. The van der Waals surface area contributed by atoms with Crippen LogP contribution in [0, 0.1) is 5.92 Å². The Hall–Kier alpha value is -1.63. The van der Waals surface area contributed by atoms with Crippen molar-refractivity contribution in [2.24, 2.45) is 5.92 Å². The number of likely N-dealkylation sites (tertiary alicyclic amines) is 1. The molecule has 1 aliphatic carbocycles. The first-order valence-corrected chi connectivity index (χ1v) is 8.78. The fourth-order valence-corrected chi connectivity index (χ4v) is 3.36. The minimum Gasteiger partial charge on any atom is -0.449 e. The van der Waals surface area contributed by atoms with Crippen LogP contribution >= 0.6 is 15.9 Å². The fourth-order valence-electron chi connectivity index (χ4n) is 3.02. The zero-order chi connectivity index (χ0) is 16.4. The molecule has 3 rings (SSSR count). The summed E-state index contributed by atoms with van der Waals surface area (Å²) in [7, 11) is 0. The Morgan fingerprint density at radius 2 is 2.26 bits per heavy atom. The number of amides is 2. The standard InChI is InChI=1S/C16H20BrN3O3/c1-2-3-7-23-16(22)20-11-8-10(11)9-12(20)15(21)19-14-6-4-5-13(17)18-14/h4-6,10-12H,2-3,7-9H2,1H3,(H,18,19,21). The lowest BCUT2D eigenvalue weighted by atomic mass is 10.1. The number of hydrogen-bond acceptors (Lipinski definition) is 4. The molecule has 2 aliphatic rings. The van der Waals surface area contributed by atoms with Gasteiger partial charge in [-0.05, 0) is 53.2 Å². The second-order valence-electron chi connectivity index (χ2n) is 6.02. The second-order valence-corrected chi connectivity index (χ2v) is 6.84. The highest BCUT2D eigenvalue weighted by Gasteiger charge is 2.56. The Morgan fingerprint density at radius 3 is 3.00 bits per heavy atom. The highest BCUT2D eigenvalue weighted by Crippen LogP contribution is 2.48. The predicted molar refractivity (Wildman–Crippen MR) is 89.0 cm³/mol. The molecular formula is C16H20BrN3O3. The van der Waals surface area contributed by atoms with Gasteiger partial charge in [-0.3, -0.25) is 9.69 Å². The topological polar surface area (TPSA) is 71.5 Å². The van der Waals surface area contributed by atoms with Crippen molar-refractivity contribution in [2.45, 2.75) is 44.7 Å². The zero-order valence-electron chi connectivity index (χ0n) is 13.0. The summed E-state index contributed by atoms with van der Waals surface area (Å²) >= 11 is 3.28. The number of ether oxygens (including phenoxy) is 1. The van der Waals surface area contributed by atoms with E-state index >= 15 is 0 Å². The summed E-state index contributed by atoms with van der Waals surface area (Å²) in [5.74, 6) is 0.708. The van der Waals surface area contributed by atoms with E-state index in [9.17, 15) is 9.59 Å². The summed E-state index contributed by atoms with van der Waals surface area (Å²) in [6.07, 6.45) is 3.12. The van der Waals surface area contributed by atoms with Crippen LogP contribution in [0.1, 0.15) is 32.6 Å². The predicted octanol–water partition coefficient (Wildman–Crippen LogP) is 3.18. The van der Waals surface area contributed by atoms with Gasteiger partial charge < -0.3 is 10.1 Å². The summed E-state index contributed by atoms with van der Waals surface area (Å²) in [4.78, 5) is 30.6. The molecule has 2 heterocycles. The number of rotatable bonds is 5. The first-order valence-electron chi connectivity index (χ1n) is 7.98. The van der Waals surface area contributed by atoms with Gasteiger partial charge in [0.05, 0.1) is 6.61 Å². The van der Waals surface area contributed by atoms with Crippen molar-refractivity contribution in [3.8, 4) is 0 Å². The summed E-state index contributed by atoms with van der Waals surface area (Å²) < 4.78 is 5.95. The van der Waals surface area contributed by atoms with E-state index < -0.39 is 6.04 Å². The maximum Gasteiger partial charge on any atom is 0.410 e. The summed E-state index contributed by atoms with van der Waals surface area (Å²) in [5.41, 5.74) is 0. The SMILES string of the molecule is CCCCOC(=O)N1C(C(=O)Nc2cccc(Br)n2)CC2CC21. The monoisotopic (exact) mass is 381 g/mol. The lowest BCUT2D eigenvalue weighted by Gasteiger charge is -2.25. The number of aromatic nitrogens is 1. The molecule has 2 fully saturated rings. The average Bonchev–Trinajstić information content (AvgIpc) is 3.17. The lowest BCUT2D eigenvalue weighted by molar-refractivity contribution is -0.120. The number of unbranched alkanes of at least 4 members (excludes halogenated alkanes) is 1. The first kappa shape index (κ1) is 16.2. The van der Waals surface area contributed by atoms with Gasteiger partial charge in [0.1, 0.15) is 16.5 Å². The largest absolute Gasteiger partial charge is 0.449 e. The van der Waals surface area contributed by atoms with Crippen LogP contribution in [-0.2, 0) is 9.53 Å². The molecule has 23 heavy (non-hydrogen) atoms. The van der Waals surface area contributed by atoms with Crippen molar-refractivity contribution in [1.29, 1.82) is 0 Å². The lowest BCUT2D eigenvalue weighted by Crippen LogP contribution is -2.45. The van der Waals surface area contributed by atoms with E-state index in [0.717, 1.165) is 19.3 Å². The van der Waals surface area contributed by atoms with Crippen LogP contribution in [0.25, 0.3) is 0 Å².